The molecular formula is C13H12FN3O3S. The molecule has 1 aromatic rings. The number of amidine groups is 1. The van der Waals surface area contributed by atoms with E-state index in [0.29, 0.717) is 0 Å². The number of nitrogens with zero attached hydrogens (tertiary/aromatic N) is 2. The molecule has 1 aromatic carbocycles. The Morgan fingerprint density at radius 1 is 1.57 bits per heavy atom. The molecular weight excluding hydrogens is 297 g/mol. The van der Waals surface area contributed by atoms with Crippen LogP contribution in [0.3, 0.4) is 0 Å². The number of hydrogen-bond donors (Lipinski definition) is 2. The first-order chi connectivity index (χ1) is 9.95. The Morgan fingerprint density at radius 3 is 3.05 bits per heavy atom. The van der Waals surface area contributed by atoms with E-state index in [0.717, 1.165) is 17.3 Å². The number of carbonyl (C=O) groups is 2. The van der Waals surface area contributed by atoms with Gasteiger partial charge in [0.15, 0.2) is 5.17 Å². The van der Waals surface area contributed by atoms with Crippen LogP contribution in [0.5, 0.6) is 0 Å². The van der Waals surface area contributed by atoms with Crippen LogP contribution < -0.4 is 5.32 Å². The highest BCUT2D eigenvalue weighted by molar-refractivity contribution is 8.15. The molecule has 0 spiro atoms. The van der Waals surface area contributed by atoms with Crippen LogP contribution in [0.15, 0.2) is 28.4 Å². The van der Waals surface area contributed by atoms with Gasteiger partial charge in [0.2, 0.25) is 5.91 Å². The number of hydrogen-bond acceptors (Lipinski definition) is 5. The standard InChI is InChI=1S/C13H12FN3O3S/c1-7-2-3-9(14)8(4-7)6-15-17-13-16-12(20)10(21-13)5-11(18)19/h2-4,6,10H,5H2,1H3,(H,18,19)(H,16,17,20). The highest BCUT2D eigenvalue weighted by Crippen LogP contribution is 2.22. The van der Waals surface area contributed by atoms with Crippen LogP contribution in [0.4, 0.5) is 4.39 Å². The zero-order valence-electron chi connectivity index (χ0n) is 11.0. The molecule has 8 heteroatoms. The van der Waals surface area contributed by atoms with E-state index in [-0.39, 0.29) is 17.2 Å². The van der Waals surface area contributed by atoms with Gasteiger partial charge in [0, 0.05) is 5.56 Å². The fourth-order valence-electron chi connectivity index (χ4n) is 1.65. The quantitative estimate of drug-likeness (QED) is 0.652. The van der Waals surface area contributed by atoms with Crippen molar-refractivity contribution in [3.05, 3.63) is 35.1 Å². The van der Waals surface area contributed by atoms with Gasteiger partial charge in [-0.2, -0.15) is 5.10 Å². The summed E-state index contributed by atoms with van der Waals surface area (Å²) in [5, 5.41) is 18.0. The molecule has 1 aliphatic rings. The Morgan fingerprint density at radius 2 is 2.33 bits per heavy atom. The van der Waals surface area contributed by atoms with Crippen LogP contribution in [-0.4, -0.2) is 33.6 Å². The summed E-state index contributed by atoms with van der Waals surface area (Å²) in [6.45, 7) is 1.83. The van der Waals surface area contributed by atoms with Crippen molar-refractivity contribution in [2.45, 2.75) is 18.6 Å². The number of rotatable bonds is 4. The van der Waals surface area contributed by atoms with Crippen LogP contribution in [0.2, 0.25) is 0 Å². The normalized spacial score (nSPS) is 20.2. The molecule has 1 fully saturated rings. The van der Waals surface area contributed by atoms with Gasteiger partial charge in [-0.05, 0) is 19.1 Å². The summed E-state index contributed by atoms with van der Waals surface area (Å²) in [6.07, 6.45) is 0.957. The number of benzene rings is 1. The third kappa shape index (κ3) is 4.12. The van der Waals surface area contributed by atoms with E-state index in [2.05, 4.69) is 15.5 Å². The summed E-state index contributed by atoms with van der Waals surface area (Å²) in [5.41, 5.74) is 1.17. The summed E-state index contributed by atoms with van der Waals surface area (Å²) in [5.74, 6) is -1.90. The van der Waals surface area contributed by atoms with Crippen molar-refractivity contribution in [2.24, 2.45) is 10.2 Å². The fraction of sp³-hybridized carbons (Fsp3) is 0.231. The molecule has 1 atom stereocenters. The van der Waals surface area contributed by atoms with E-state index in [1.54, 1.807) is 12.1 Å². The number of halogens is 1. The molecule has 1 heterocycles. The van der Waals surface area contributed by atoms with E-state index in [1.807, 2.05) is 6.92 Å². The van der Waals surface area contributed by atoms with Crippen molar-refractivity contribution >= 4 is 35.0 Å². The Labute approximate surface area is 124 Å². The van der Waals surface area contributed by atoms with Gasteiger partial charge >= 0.3 is 5.97 Å². The van der Waals surface area contributed by atoms with Crippen molar-refractivity contribution < 1.29 is 19.1 Å². The maximum atomic E-state index is 13.5. The van der Waals surface area contributed by atoms with E-state index >= 15 is 0 Å². The van der Waals surface area contributed by atoms with Gasteiger partial charge in [-0.25, -0.2) is 4.39 Å². The van der Waals surface area contributed by atoms with E-state index in [9.17, 15) is 14.0 Å². The van der Waals surface area contributed by atoms with Crippen molar-refractivity contribution in [1.82, 2.24) is 5.32 Å². The lowest BCUT2D eigenvalue weighted by atomic mass is 10.1. The molecule has 0 aliphatic carbocycles. The zero-order chi connectivity index (χ0) is 15.4. The first kappa shape index (κ1) is 15.2. The highest BCUT2D eigenvalue weighted by Gasteiger charge is 2.32. The van der Waals surface area contributed by atoms with Crippen LogP contribution in [0, 0.1) is 12.7 Å². The molecule has 0 saturated carbocycles. The summed E-state index contributed by atoms with van der Waals surface area (Å²) < 4.78 is 13.5. The molecule has 2 rings (SSSR count). The smallest absolute Gasteiger partial charge is 0.305 e. The topological polar surface area (TPSA) is 91.1 Å². The number of nitrogens with one attached hydrogen (secondary N) is 1. The second-order valence-corrected chi connectivity index (χ2v) is 5.56. The minimum absolute atomic E-state index is 0.204. The van der Waals surface area contributed by atoms with Gasteiger partial charge in [-0.1, -0.05) is 23.4 Å². The summed E-state index contributed by atoms with van der Waals surface area (Å²) in [6, 6.07) is 4.59. The maximum absolute atomic E-state index is 13.5. The first-order valence-electron chi connectivity index (χ1n) is 6.02. The van der Waals surface area contributed by atoms with E-state index < -0.39 is 22.9 Å². The Kier molecular flexibility index (Phi) is 4.69. The summed E-state index contributed by atoms with van der Waals surface area (Å²) in [4.78, 5) is 22.0. The monoisotopic (exact) mass is 309 g/mol. The van der Waals surface area contributed by atoms with Crippen LogP contribution >= 0.6 is 11.8 Å². The lowest BCUT2D eigenvalue weighted by Crippen LogP contribution is -2.26. The van der Waals surface area contributed by atoms with Crippen LogP contribution in [-0.2, 0) is 9.59 Å². The number of aliphatic carboxylic acids is 1. The van der Waals surface area contributed by atoms with Crippen molar-refractivity contribution in [2.75, 3.05) is 0 Å². The van der Waals surface area contributed by atoms with Gasteiger partial charge in [0.05, 0.1) is 12.6 Å². The van der Waals surface area contributed by atoms with Crippen molar-refractivity contribution in [3.8, 4) is 0 Å². The average molecular weight is 309 g/mol. The molecule has 6 nitrogen and oxygen atoms in total. The number of carboxylic acids is 1. The molecule has 1 amide bonds. The van der Waals surface area contributed by atoms with Gasteiger partial charge < -0.3 is 10.4 Å². The van der Waals surface area contributed by atoms with Gasteiger partial charge in [0.25, 0.3) is 0 Å². The number of carbonyl (C=O) groups excluding carboxylic acids is 1. The molecule has 1 unspecified atom stereocenters. The van der Waals surface area contributed by atoms with E-state index in [1.165, 1.54) is 12.3 Å². The molecule has 2 N–H and O–H groups in total. The number of carboxylic acid groups (broad SMARTS) is 1. The minimum Gasteiger partial charge on any atom is -0.481 e. The van der Waals surface area contributed by atoms with Crippen LogP contribution in [0.25, 0.3) is 0 Å². The minimum atomic E-state index is -1.06. The Balaban J connectivity index is 2.05. The third-order valence-corrected chi connectivity index (χ3v) is 3.71. The number of thioether (sulfide) groups is 1. The lowest BCUT2D eigenvalue weighted by Gasteiger charge is -1.98. The first-order valence-corrected chi connectivity index (χ1v) is 6.90. The zero-order valence-corrected chi connectivity index (χ0v) is 11.9. The van der Waals surface area contributed by atoms with Gasteiger partial charge in [-0.3, -0.25) is 9.59 Å². The van der Waals surface area contributed by atoms with E-state index in [4.69, 9.17) is 5.11 Å². The lowest BCUT2D eigenvalue weighted by molar-refractivity contribution is -0.138. The fourth-order valence-corrected chi connectivity index (χ4v) is 2.57. The van der Waals surface area contributed by atoms with Gasteiger partial charge in [-0.15, -0.1) is 5.10 Å². The van der Waals surface area contributed by atoms with Crippen molar-refractivity contribution in [3.63, 3.8) is 0 Å². The Bertz CT molecular complexity index is 646. The van der Waals surface area contributed by atoms with Gasteiger partial charge in [0.1, 0.15) is 11.1 Å². The molecule has 0 radical (unpaired) electrons. The summed E-state index contributed by atoms with van der Waals surface area (Å²) in [7, 11) is 0. The van der Waals surface area contributed by atoms with Crippen molar-refractivity contribution in [1.29, 1.82) is 0 Å². The van der Waals surface area contributed by atoms with Crippen LogP contribution in [0.1, 0.15) is 17.5 Å². The predicted octanol–water partition coefficient (Wildman–Crippen LogP) is 1.53. The molecule has 1 aliphatic heterocycles. The Hall–Kier alpha value is -2.22. The molecule has 110 valence electrons. The molecule has 1 saturated heterocycles. The second kappa shape index (κ2) is 6.49. The number of aryl methyl sites for hydroxylation is 1. The number of amides is 1. The second-order valence-electron chi connectivity index (χ2n) is 4.37. The molecule has 21 heavy (non-hydrogen) atoms. The maximum Gasteiger partial charge on any atom is 0.305 e. The molecule has 0 bridgehead atoms. The third-order valence-electron chi connectivity index (χ3n) is 2.63. The summed E-state index contributed by atoms with van der Waals surface area (Å²) >= 11 is 0.991. The SMILES string of the molecule is Cc1ccc(F)c(C=NN=C2NC(=O)C(CC(=O)O)S2)c1. The highest BCUT2D eigenvalue weighted by atomic mass is 32.2. The largest absolute Gasteiger partial charge is 0.481 e. The molecule has 0 aromatic heterocycles. The average Bonchev–Trinajstić information content (AvgIpc) is 2.73. The predicted molar refractivity (Wildman–Crippen MR) is 77.9 cm³/mol.